The molecule has 168 valence electrons. The van der Waals surface area contributed by atoms with Gasteiger partial charge in [0.15, 0.2) is 6.61 Å². The highest BCUT2D eigenvalue weighted by Gasteiger charge is 2.19. The van der Waals surface area contributed by atoms with E-state index in [0.29, 0.717) is 11.3 Å². The summed E-state index contributed by atoms with van der Waals surface area (Å²) >= 11 is 0. The van der Waals surface area contributed by atoms with Crippen molar-refractivity contribution in [2.45, 2.75) is 12.5 Å². The van der Waals surface area contributed by atoms with E-state index < -0.39 is 11.9 Å². The highest BCUT2D eigenvalue weighted by molar-refractivity contribution is 5.94. The van der Waals surface area contributed by atoms with Gasteiger partial charge in [-0.1, -0.05) is 48.5 Å². The Balaban J connectivity index is 1.59. The van der Waals surface area contributed by atoms with Crippen LogP contribution in [0.2, 0.25) is 0 Å². The van der Waals surface area contributed by atoms with Crippen LogP contribution in [0.4, 0.5) is 0 Å². The molecule has 3 aromatic rings. The van der Waals surface area contributed by atoms with Crippen molar-refractivity contribution < 1.29 is 19.1 Å². The smallest absolute Gasteiger partial charge is 0.255 e. The zero-order valence-corrected chi connectivity index (χ0v) is 17.8. The maximum atomic E-state index is 12.6. The van der Waals surface area contributed by atoms with Crippen LogP contribution in [0.5, 0.6) is 5.75 Å². The minimum atomic E-state index is -0.558. The predicted molar refractivity (Wildman–Crippen MR) is 125 cm³/mol. The summed E-state index contributed by atoms with van der Waals surface area (Å²) in [6, 6.07) is 24.4. The van der Waals surface area contributed by atoms with E-state index in [9.17, 15) is 14.4 Å². The second kappa shape index (κ2) is 11.8. The number of nitrogens with zero attached hydrogens (tertiary/aromatic N) is 1. The molecular formula is C25H24N4O4. The largest absolute Gasteiger partial charge is 0.484 e. The van der Waals surface area contributed by atoms with E-state index in [1.807, 2.05) is 36.4 Å². The normalized spacial score (nSPS) is 11.5. The number of amides is 3. The number of hydrazone groups is 1. The standard InChI is InChI=1S/C25H24N4O4/c26-23(30)17-33-21-13-11-18(12-14-21)16-27-29-24(31)15-22(19-7-3-1-4-8-19)28-25(32)20-9-5-2-6-10-20/h1-14,16,22H,15,17H2,(H2,26,30)(H,28,32)(H,29,31)/b27-16-/t22-/m1/s1. The maximum absolute atomic E-state index is 12.6. The summed E-state index contributed by atoms with van der Waals surface area (Å²) in [5, 5.41) is 6.89. The lowest BCUT2D eigenvalue weighted by Gasteiger charge is -2.18. The maximum Gasteiger partial charge on any atom is 0.255 e. The Kier molecular flexibility index (Phi) is 8.30. The first-order chi connectivity index (χ1) is 16.0. The van der Waals surface area contributed by atoms with Gasteiger partial charge in [-0.15, -0.1) is 0 Å². The summed E-state index contributed by atoms with van der Waals surface area (Å²) in [5.41, 5.74) is 9.58. The quantitative estimate of drug-likeness (QED) is 0.328. The molecular weight excluding hydrogens is 420 g/mol. The number of nitrogens with one attached hydrogen (secondary N) is 2. The molecule has 0 heterocycles. The highest BCUT2D eigenvalue weighted by Crippen LogP contribution is 2.17. The number of hydrogen-bond acceptors (Lipinski definition) is 5. The van der Waals surface area contributed by atoms with E-state index >= 15 is 0 Å². The summed E-state index contributed by atoms with van der Waals surface area (Å²) in [7, 11) is 0. The molecule has 1 atom stereocenters. The third kappa shape index (κ3) is 7.62. The van der Waals surface area contributed by atoms with E-state index in [1.54, 1.807) is 48.5 Å². The molecule has 0 spiro atoms. The van der Waals surface area contributed by atoms with Crippen LogP contribution in [0.25, 0.3) is 0 Å². The van der Waals surface area contributed by atoms with Gasteiger partial charge in [-0.25, -0.2) is 5.43 Å². The molecule has 0 aliphatic heterocycles. The lowest BCUT2D eigenvalue weighted by molar-refractivity contribution is -0.121. The van der Waals surface area contributed by atoms with Crippen molar-refractivity contribution in [2.75, 3.05) is 6.61 Å². The molecule has 0 aliphatic carbocycles. The van der Waals surface area contributed by atoms with E-state index in [1.165, 1.54) is 6.21 Å². The summed E-state index contributed by atoms with van der Waals surface area (Å²) in [6.45, 7) is -0.202. The molecule has 8 heteroatoms. The number of primary amides is 1. The highest BCUT2D eigenvalue weighted by atomic mass is 16.5. The third-order valence-electron chi connectivity index (χ3n) is 4.60. The van der Waals surface area contributed by atoms with E-state index in [-0.39, 0.29) is 24.8 Å². The molecule has 0 fully saturated rings. The Morgan fingerprint density at radius 2 is 1.55 bits per heavy atom. The topological polar surface area (TPSA) is 123 Å². The van der Waals surface area contributed by atoms with Gasteiger partial charge < -0.3 is 15.8 Å². The van der Waals surface area contributed by atoms with Crippen LogP contribution in [-0.2, 0) is 9.59 Å². The van der Waals surface area contributed by atoms with Crippen LogP contribution in [0, 0.1) is 0 Å². The van der Waals surface area contributed by atoms with Crippen LogP contribution < -0.4 is 21.2 Å². The van der Waals surface area contributed by atoms with Crippen molar-refractivity contribution >= 4 is 23.9 Å². The number of ether oxygens (including phenoxy) is 1. The zero-order valence-electron chi connectivity index (χ0n) is 17.8. The Hall–Kier alpha value is -4.46. The van der Waals surface area contributed by atoms with Crippen molar-refractivity contribution in [1.29, 1.82) is 0 Å². The van der Waals surface area contributed by atoms with Crippen LogP contribution in [-0.4, -0.2) is 30.5 Å². The Labute approximate surface area is 191 Å². The lowest BCUT2D eigenvalue weighted by atomic mass is 10.0. The zero-order chi connectivity index (χ0) is 23.5. The molecule has 0 saturated carbocycles. The molecule has 4 N–H and O–H groups in total. The second-order valence-electron chi connectivity index (χ2n) is 7.12. The van der Waals surface area contributed by atoms with Crippen molar-refractivity contribution in [1.82, 2.24) is 10.7 Å². The van der Waals surface area contributed by atoms with Gasteiger partial charge in [-0.05, 0) is 47.5 Å². The Morgan fingerprint density at radius 1 is 0.909 bits per heavy atom. The van der Waals surface area contributed by atoms with Gasteiger partial charge in [-0.2, -0.15) is 5.10 Å². The predicted octanol–water partition coefficient (Wildman–Crippen LogP) is 2.56. The van der Waals surface area contributed by atoms with Gasteiger partial charge in [-0.3, -0.25) is 14.4 Å². The second-order valence-corrected chi connectivity index (χ2v) is 7.12. The molecule has 0 bridgehead atoms. The molecule has 3 aromatic carbocycles. The fourth-order valence-corrected chi connectivity index (χ4v) is 2.98. The van der Waals surface area contributed by atoms with Crippen LogP contribution >= 0.6 is 0 Å². The molecule has 0 aliphatic rings. The van der Waals surface area contributed by atoms with Gasteiger partial charge in [0.05, 0.1) is 18.7 Å². The Bertz CT molecular complexity index is 1100. The van der Waals surface area contributed by atoms with Crippen molar-refractivity contribution in [3.05, 3.63) is 102 Å². The van der Waals surface area contributed by atoms with Gasteiger partial charge in [0.2, 0.25) is 5.91 Å². The Morgan fingerprint density at radius 3 is 2.18 bits per heavy atom. The number of carbonyl (C=O) groups excluding carboxylic acids is 3. The van der Waals surface area contributed by atoms with E-state index in [0.717, 1.165) is 11.1 Å². The van der Waals surface area contributed by atoms with Gasteiger partial charge >= 0.3 is 0 Å². The average molecular weight is 444 g/mol. The fraction of sp³-hybridized carbons (Fsp3) is 0.120. The van der Waals surface area contributed by atoms with Crippen LogP contribution in [0.3, 0.4) is 0 Å². The molecule has 0 unspecified atom stereocenters. The number of nitrogens with two attached hydrogens (primary N) is 1. The number of carbonyl (C=O) groups is 3. The SMILES string of the molecule is NC(=O)COc1ccc(/C=N\NC(=O)C[C@@H](NC(=O)c2ccccc2)c2ccccc2)cc1. The number of benzene rings is 3. The van der Waals surface area contributed by atoms with Crippen LogP contribution in [0.1, 0.15) is 33.9 Å². The number of hydrogen-bond donors (Lipinski definition) is 3. The monoisotopic (exact) mass is 444 g/mol. The van der Waals surface area contributed by atoms with E-state index in [4.69, 9.17) is 10.5 Å². The molecule has 3 amide bonds. The van der Waals surface area contributed by atoms with Crippen LogP contribution in [0.15, 0.2) is 90.0 Å². The molecule has 0 saturated heterocycles. The summed E-state index contributed by atoms with van der Waals surface area (Å²) in [5.74, 6) is -0.679. The lowest BCUT2D eigenvalue weighted by Crippen LogP contribution is -2.32. The van der Waals surface area contributed by atoms with Gasteiger partial charge in [0.25, 0.3) is 11.8 Å². The molecule has 3 rings (SSSR count). The third-order valence-corrected chi connectivity index (χ3v) is 4.60. The van der Waals surface area contributed by atoms with Gasteiger partial charge in [0, 0.05) is 5.56 Å². The summed E-state index contributed by atoms with van der Waals surface area (Å²) in [6.07, 6.45) is 1.50. The van der Waals surface area contributed by atoms with Gasteiger partial charge in [0.1, 0.15) is 5.75 Å². The average Bonchev–Trinajstić information content (AvgIpc) is 2.84. The first kappa shape index (κ1) is 23.2. The molecule has 0 aromatic heterocycles. The first-order valence-corrected chi connectivity index (χ1v) is 10.2. The summed E-state index contributed by atoms with van der Waals surface area (Å²) < 4.78 is 5.19. The minimum Gasteiger partial charge on any atom is -0.484 e. The first-order valence-electron chi connectivity index (χ1n) is 10.2. The van der Waals surface area contributed by atoms with E-state index in [2.05, 4.69) is 15.8 Å². The molecule has 8 nitrogen and oxygen atoms in total. The van der Waals surface area contributed by atoms with Crippen molar-refractivity contribution in [2.24, 2.45) is 10.8 Å². The summed E-state index contributed by atoms with van der Waals surface area (Å²) in [4.78, 5) is 35.9. The molecule has 33 heavy (non-hydrogen) atoms. The number of rotatable bonds is 10. The van der Waals surface area contributed by atoms with Crippen molar-refractivity contribution in [3.8, 4) is 5.75 Å². The fourth-order valence-electron chi connectivity index (χ4n) is 2.98. The minimum absolute atomic E-state index is 0.0137. The molecule has 0 radical (unpaired) electrons. The van der Waals surface area contributed by atoms with Crippen molar-refractivity contribution in [3.63, 3.8) is 0 Å².